The Morgan fingerprint density at radius 1 is 1.39 bits per heavy atom. The van der Waals surface area contributed by atoms with Crippen molar-refractivity contribution < 1.29 is 27.8 Å². The molecule has 1 aliphatic heterocycles. The van der Waals surface area contributed by atoms with Crippen LogP contribution >= 0.6 is 0 Å². The van der Waals surface area contributed by atoms with Crippen molar-refractivity contribution in [2.24, 2.45) is 0 Å². The molecule has 0 aromatic heterocycles. The van der Waals surface area contributed by atoms with Gasteiger partial charge in [-0.3, -0.25) is 0 Å². The number of hydrogen-bond acceptors (Lipinski definition) is 4. The van der Waals surface area contributed by atoms with Crippen LogP contribution in [-0.2, 0) is 20.2 Å². The summed E-state index contributed by atoms with van der Waals surface area (Å²) in [5.41, 5.74) is -2.49. The molecule has 2 unspecified atom stereocenters. The Balaban J connectivity index is 2.65. The highest BCUT2D eigenvalue weighted by molar-refractivity contribution is 7.91. The Hall–Kier alpha value is -1.47. The summed E-state index contributed by atoms with van der Waals surface area (Å²) in [4.78, 5) is 10.5. The predicted molar refractivity (Wildman–Crippen MR) is 59.5 cm³/mol. The molecule has 0 fully saturated rings. The molecular formula is C11H11FO5S. The normalized spacial score (nSPS) is 27.2. The Morgan fingerprint density at radius 3 is 2.61 bits per heavy atom. The molecule has 0 saturated heterocycles. The fourth-order valence-corrected chi connectivity index (χ4v) is 3.76. The molecule has 0 amide bonds. The number of alkyl halides is 1. The third-order valence-corrected chi connectivity index (χ3v) is 4.84. The van der Waals surface area contributed by atoms with Crippen molar-refractivity contribution in [1.82, 2.24) is 0 Å². The second-order valence-electron chi connectivity index (χ2n) is 4.19. The molecule has 5 nitrogen and oxygen atoms in total. The third kappa shape index (κ3) is 1.79. The van der Waals surface area contributed by atoms with Gasteiger partial charge in [0.05, 0.1) is 10.6 Å². The fourth-order valence-electron chi connectivity index (χ4n) is 2.10. The summed E-state index contributed by atoms with van der Waals surface area (Å²) < 4.78 is 37.2. The second kappa shape index (κ2) is 4.03. The molecule has 1 aliphatic rings. The van der Waals surface area contributed by atoms with Crippen molar-refractivity contribution in [2.75, 3.05) is 5.75 Å². The first-order chi connectivity index (χ1) is 8.29. The van der Waals surface area contributed by atoms with E-state index in [-0.39, 0.29) is 10.5 Å². The molecule has 0 bridgehead atoms. The second-order valence-corrected chi connectivity index (χ2v) is 6.27. The van der Waals surface area contributed by atoms with Crippen molar-refractivity contribution in [2.45, 2.75) is 23.1 Å². The standard InChI is InChI=1S/C11H11FO5S/c12-9(10(13)14)11(15)5-6-18(16,17)8-4-2-1-3-7(8)11/h1-4,9,15H,5-6H2,(H,13,14). The quantitative estimate of drug-likeness (QED) is 0.818. The van der Waals surface area contributed by atoms with Gasteiger partial charge in [-0.25, -0.2) is 17.6 Å². The monoisotopic (exact) mass is 274 g/mol. The van der Waals surface area contributed by atoms with E-state index in [1.54, 1.807) is 0 Å². The number of rotatable bonds is 2. The van der Waals surface area contributed by atoms with Crippen molar-refractivity contribution in [3.8, 4) is 0 Å². The number of fused-ring (bicyclic) bond motifs is 1. The van der Waals surface area contributed by atoms with Crippen LogP contribution in [0.3, 0.4) is 0 Å². The summed E-state index contributed by atoms with van der Waals surface area (Å²) >= 11 is 0. The van der Waals surface area contributed by atoms with Crippen LogP contribution in [0.5, 0.6) is 0 Å². The number of sulfone groups is 1. The van der Waals surface area contributed by atoms with Gasteiger partial charge in [0, 0.05) is 5.56 Å². The van der Waals surface area contributed by atoms with Gasteiger partial charge in [0.2, 0.25) is 6.17 Å². The molecule has 2 atom stereocenters. The molecular weight excluding hydrogens is 263 g/mol. The Labute approximate surface area is 103 Å². The number of aliphatic carboxylic acids is 1. The Bertz CT molecular complexity index is 597. The maximum absolute atomic E-state index is 13.7. The average molecular weight is 274 g/mol. The first-order valence-corrected chi connectivity index (χ1v) is 6.86. The lowest BCUT2D eigenvalue weighted by Gasteiger charge is -2.34. The van der Waals surface area contributed by atoms with Gasteiger partial charge >= 0.3 is 5.97 Å². The molecule has 98 valence electrons. The average Bonchev–Trinajstić information content (AvgIpc) is 2.34. The molecule has 0 spiro atoms. The lowest BCUT2D eigenvalue weighted by molar-refractivity contribution is -0.156. The zero-order valence-corrected chi connectivity index (χ0v) is 10.0. The largest absolute Gasteiger partial charge is 0.479 e. The minimum Gasteiger partial charge on any atom is -0.479 e. The zero-order chi connectivity index (χ0) is 13.6. The van der Waals surface area contributed by atoms with Gasteiger partial charge in [-0.05, 0) is 12.5 Å². The number of halogens is 1. The van der Waals surface area contributed by atoms with Crippen molar-refractivity contribution in [3.05, 3.63) is 29.8 Å². The number of hydrogen-bond donors (Lipinski definition) is 2. The predicted octanol–water partition coefficient (Wildman–Crippen LogP) is 0.474. The lowest BCUT2D eigenvalue weighted by atomic mass is 9.86. The van der Waals surface area contributed by atoms with Gasteiger partial charge in [-0.1, -0.05) is 18.2 Å². The minimum absolute atomic E-state index is 0.189. The topological polar surface area (TPSA) is 91.7 Å². The zero-order valence-electron chi connectivity index (χ0n) is 9.21. The maximum Gasteiger partial charge on any atom is 0.341 e. The molecule has 7 heteroatoms. The third-order valence-electron chi connectivity index (χ3n) is 3.08. The first kappa shape index (κ1) is 13.0. The van der Waals surface area contributed by atoms with Crippen LogP contribution in [0, 0.1) is 0 Å². The fraction of sp³-hybridized carbons (Fsp3) is 0.364. The van der Waals surface area contributed by atoms with E-state index in [1.807, 2.05) is 0 Å². The SMILES string of the molecule is O=C(O)C(F)C1(O)CCS(=O)(=O)c2ccccc21. The van der Waals surface area contributed by atoms with Gasteiger partial charge in [0.25, 0.3) is 0 Å². The summed E-state index contributed by atoms with van der Waals surface area (Å²) in [7, 11) is -3.59. The number of carbonyl (C=O) groups is 1. The van der Waals surface area contributed by atoms with Crippen LogP contribution in [0.4, 0.5) is 4.39 Å². The molecule has 2 rings (SSSR count). The van der Waals surface area contributed by atoms with Crippen molar-refractivity contribution >= 4 is 15.8 Å². The Kier molecular flexibility index (Phi) is 2.90. The molecule has 18 heavy (non-hydrogen) atoms. The molecule has 0 saturated carbocycles. The highest BCUT2D eigenvalue weighted by Gasteiger charge is 2.49. The molecule has 1 aromatic carbocycles. The number of aliphatic hydroxyl groups is 1. The van der Waals surface area contributed by atoms with Crippen LogP contribution in [0.1, 0.15) is 12.0 Å². The summed E-state index contributed by atoms with van der Waals surface area (Å²) in [6.45, 7) is 0. The van der Waals surface area contributed by atoms with E-state index in [0.29, 0.717) is 0 Å². The van der Waals surface area contributed by atoms with Crippen molar-refractivity contribution in [1.29, 1.82) is 0 Å². The van der Waals surface area contributed by atoms with E-state index in [9.17, 15) is 22.7 Å². The van der Waals surface area contributed by atoms with Crippen LogP contribution in [0.15, 0.2) is 29.2 Å². The maximum atomic E-state index is 13.7. The molecule has 1 heterocycles. The highest BCUT2D eigenvalue weighted by Crippen LogP contribution is 2.40. The van der Waals surface area contributed by atoms with Crippen LogP contribution in [0.2, 0.25) is 0 Å². The lowest BCUT2D eigenvalue weighted by Crippen LogP contribution is -2.46. The van der Waals surface area contributed by atoms with E-state index in [4.69, 9.17) is 5.11 Å². The van der Waals surface area contributed by atoms with E-state index in [0.717, 1.165) is 0 Å². The van der Waals surface area contributed by atoms with E-state index < -0.39 is 39.8 Å². The van der Waals surface area contributed by atoms with Gasteiger partial charge in [0.15, 0.2) is 9.84 Å². The summed E-state index contributed by atoms with van der Waals surface area (Å²) in [6.07, 6.45) is -3.03. The molecule has 0 aliphatic carbocycles. The summed E-state index contributed by atoms with van der Waals surface area (Å²) in [5, 5.41) is 18.8. The number of carboxylic acid groups (broad SMARTS) is 1. The summed E-state index contributed by atoms with van der Waals surface area (Å²) in [6, 6.07) is 5.35. The first-order valence-electron chi connectivity index (χ1n) is 5.20. The highest BCUT2D eigenvalue weighted by atomic mass is 32.2. The minimum atomic E-state index is -3.59. The van der Waals surface area contributed by atoms with Gasteiger partial charge < -0.3 is 10.2 Å². The van der Waals surface area contributed by atoms with E-state index >= 15 is 0 Å². The summed E-state index contributed by atoms with van der Waals surface area (Å²) in [5.74, 6) is -2.29. The number of carboxylic acids is 1. The van der Waals surface area contributed by atoms with Crippen LogP contribution in [0.25, 0.3) is 0 Å². The van der Waals surface area contributed by atoms with Crippen LogP contribution in [-0.4, -0.2) is 36.5 Å². The number of benzene rings is 1. The van der Waals surface area contributed by atoms with Gasteiger partial charge in [-0.2, -0.15) is 0 Å². The molecule has 2 N–H and O–H groups in total. The smallest absolute Gasteiger partial charge is 0.341 e. The molecule has 0 radical (unpaired) electrons. The van der Waals surface area contributed by atoms with E-state index in [2.05, 4.69) is 0 Å². The van der Waals surface area contributed by atoms with Gasteiger partial charge in [-0.15, -0.1) is 0 Å². The van der Waals surface area contributed by atoms with Gasteiger partial charge in [0.1, 0.15) is 5.60 Å². The van der Waals surface area contributed by atoms with Crippen molar-refractivity contribution in [3.63, 3.8) is 0 Å². The Morgan fingerprint density at radius 2 is 2.00 bits per heavy atom. The van der Waals surface area contributed by atoms with Crippen LogP contribution < -0.4 is 0 Å². The van der Waals surface area contributed by atoms with E-state index in [1.165, 1.54) is 24.3 Å². The molecule has 1 aromatic rings.